The first-order chi connectivity index (χ1) is 9.69. The van der Waals surface area contributed by atoms with Crippen molar-refractivity contribution >= 4 is 11.6 Å². The van der Waals surface area contributed by atoms with E-state index in [1.54, 1.807) is 0 Å². The molecule has 2 aliphatic rings. The van der Waals surface area contributed by atoms with Crippen LogP contribution in [0.15, 0.2) is 12.1 Å². The van der Waals surface area contributed by atoms with E-state index in [-0.39, 0.29) is 6.79 Å². The van der Waals surface area contributed by atoms with Gasteiger partial charge >= 0.3 is 0 Å². The molecule has 1 aromatic rings. The van der Waals surface area contributed by atoms with Gasteiger partial charge in [-0.25, -0.2) is 0 Å². The molecule has 2 atom stereocenters. The van der Waals surface area contributed by atoms with Crippen LogP contribution in [0, 0.1) is 5.92 Å². The Labute approximate surface area is 124 Å². The minimum atomic E-state index is 0.256. The number of benzene rings is 1. The SMILES string of the molecule is CN(Cc1cc(Cl)c2c(c1)OCO2)C1CCCC1CN. The Hall–Kier alpha value is -0.970. The van der Waals surface area contributed by atoms with E-state index in [4.69, 9.17) is 26.8 Å². The second-order valence-corrected chi connectivity index (χ2v) is 6.13. The van der Waals surface area contributed by atoms with Gasteiger partial charge in [0.1, 0.15) is 0 Å². The van der Waals surface area contributed by atoms with Gasteiger partial charge in [-0.05, 0) is 50.0 Å². The van der Waals surface area contributed by atoms with Gasteiger partial charge < -0.3 is 15.2 Å². The lowest BCUT2D eigenvalue weighted by atomic mass is 10.0. The van der Waals surface area contributed by atoms with Gasteiger partial charge in [-0.15, -0.1) is 0 Å². The van der Waals surface area contributed by atoms with E-state index in [0.717, 1.165) is 24.4 Å². The van der Waals surface area contributed by atoms with E-state index in [0.29, 0.717) is 22.7 Å². The van der Waals surface area contributed by atoms with Crippen molar-refractivity contribution in [1.29, 1.82) is 0 Å². The summed E-state index contributed by atoms with van der Waals surface area (Å²) in [6.45, 7) is 1.89. The quantitative estimate of drug-likeness (QED) is 0.928. The van der Waals surface area contributed by atoms with Gasteiger partial charge in [0.25, 0.3) is 0 Å². The maximum Gasteiger partial charge on any atom is 0.231 e. The van der Waals surface area contributed by atoms with Crippen molar-refractivity contribution < 1.29 is 9.47 Å². The molecule has 0 saturated heterocycles. The first-order valence-corrected chi connectivity index (χ1v) is 7.55. The highest BCUT2D eigenvalue weighted by Gasteiger charge is 2.29. The van der Waals surface area contributed by atoms with Gasteiger partial charge in [-0.1, -0.05) is 18.0 Å². The Morgan fingerprint density at radius 3 is 3.00 bits per heavy atom. The van der Waals surface area contributed by atoms with Crippen LogP contribution in [0.25, 0.3) is 0 Å². The highest BCUT2D eigenvalue weighted by molar-refractivity contribution is 6.32. The number of fused-ring (bicyclic) bond motifs is 1. The molecule has 0 bridgehead atoms. The summed E-state index contributed by atoms with van der Waals surface area (Å²) >= 11 is 6.23. The molecule has 110 valence electrons. The number of halogens is 1. The van der Waals surface area contributed by atoms with Crippen LogP contribution in [-0.4, -0.2) is 31.3 Å². The number of hydrogen-bond donors (Lipinski definition) is 1. The number of nitrogens with two attached hydrogens (primary N) is 1. The largest absolute Gasteiger partial charge is 0.454 e. The van der Waals surface area contributed by atoms with Gasteiger partial charge in [-0.2, -0.15) is 0 Å². The average Bonchev–Trinajstić information content (AvgIpc) is 3.06. The molecule has 1 saturated carbocycles. The minimum Gasteiger partial charge on any atom is -0.454 e. The number of ether oxygens (including phenoxy) is 2. The fraction of sp³-hybridized carbons (Fsp3) is 0.600. The fourth-order valence-electron chi connectivity index (χ4n) is 3.39. The molecule has 3 rings (SSSR count). The zero-order chi connectivity index (χ0) is 14.1. The third-order valence-corrected chi connectivity index (χ3v) is 4.69. The Bertz CT molecular complexity index is 495. The predicted octanol–water partition coefficient (Wildman–Crippen LogP) is 2.63. The molecular weight excluding hydrogens is 276 g/mol. The summed E-state index contributed by atoms with van der Waals surface area (Å²) in [7, 11) is 2.16. The molecule has 1 heterocycles. The van der Waals surface area contributed by atoms with Crippen LogP contribution < -0.4 is 15.2 Å². The van der Waals surface area contributed by atoms with Crippen molar-refractivity contribution in [2.24, 2.45) is 11.7 Å². The maximum absolute atomic E-state index is 6.23. The minimum absolute atomic E-state index is 0.256. The molecule has 2 unspecified atom stereocenters. The van der Waals surface area contributed by atoms with Gasteiger partial charge in [0.05, 0.1) is 5.02 Å². The monoisotopic (exact) mass is 296 g/mol. The third-order valence-electron chi connectivity index (χ3n) is 4.41. The lowest BCUT2D eigenvalue weighted by Gasteiger charge is -2.29. The van der Waals surface area contributed by atoms with Crippen molar-refractivity contribution in [3.63, 3.8) is 0 Å². The molecule has 1 aliphatic carbocycles. The van der Waals surface area contributed by atoms with Gasteiger partial charge in [-0.3, -0.25) is 4.90 Å². The van der Waals surface area contributed by atoms with E-state index in [1.165, 1.54) is 19.3 Å². The standard InChI is InChI=1S/C15H21ClN2O2/c1-18(13-4-2-3-11(13)7-17)8-10-5-12(16)15-14(6-10)19-9-20-15/h5-6,11,13H,2-4,7-9,17H2,1H3. The molecule has 5 heteroatoms. The first-order valence-electron chi connectivity index (χ1n) is 7.17. The van der Waals surface area contributed by atoms with Crippen molar-refractivity contribution in [2.45, 2.75) is 31.8 Å². The average molecular weight is 297 g/mol. The van der Waals surface area contributed by atoms with Crippen molar-refractivity contribution in [1.82, 2.24) is 4.90 Å². The second kappa shape index (κ2) is 5.80. The summed E-state index contributed by atoms with van der Waals surface area (Å²) in [5.74, 6) is 2.03. The van der Waals surface area contributed by atoms with Crippen LogP contribution in [0.1, 0.15) is 24.8 Å². The Kier molecular flexibility index (Phi) is 4.06. The molecule has 4 nitrogen and oxygen atoms in total. The van der Waals surface area contributed by atoms with Crippen LogP contribution in [-0.2, 0) is 6.54 Å². The van der Waals surface area contributed by atoms with Gasteiger partial charge in [0, 0.05) is 12.6 Å². The highest BCUT2D eigenvalue weighted by Crippen LogP contribution is 2.40. The zero-order valence-corrected chi connectivity index (χ0v) is 12.5. The normalized spacial score (nSPS) is 24.6. The fourth-order valence-corrected chi connectivity index (χ4v) is 3.68. The summed E-state index contributed by atoms with van der Waals surface area (Å²) in [5.41, 5.74) is 7.03. The van der Waals surface area contributed by atoms with Crippen molar-refractivity contribution in [3.8, 4) is 11.5 Å². The molecule has 1 aliphatic heterocycles. The van der Waals surface area contributed by atoms with Crippen LogP contribution in [0.4, 0.5) is 0 Å². The molecule has 2 N–H and O–H groups in total. The topological polar surface area (TPSA) is 47.7 Å². The molecule has 0 amide bonds. The molecule has 20 heavy (non-hydrogen) atoms. The van der Waals surface area contributed by atoms with Crippen molar-refractivity contribution in [2.75, 3.05) is 20.4 Å². The zero-order valence-electron chi connectivity index (χ0n) is 11.8. The van der Waals surface area contributed by atoms with E-state index in [9.17, 15) is 0 Å². The smallest absolute Gasteiger partial charge is 0.231 e. The van der Waals surface area contributed by atoms with E-state index >= 15 is 0 Å². The molecule has 1 fully saturated rings. The molecule has 1 aromatic carbocycles. The first kappa shape index (κ1) is 14.0. The summed E-state index contributed by atoms with van der Waals surface area (Å²) in [6, 6.07) is 4.57. The van der Waals surface area contributed by atoms with E-state index in [1.807, 2.05) is 12.1 Å². The van der Waals surface area contributed by atoms with Crippen LogP contribution in [0.5, 0.6) is 11.5 Å². The number of hydrogen-bond acceptors (Lipinski definition) is 4. The van der Waals surface area contributed by atoms with Crippen LogP contribution in [0.2, 0.25) is 5.02 Å². The molecule has 0 radical (unpaired) electrons. The molecular formula is C15H21ClN2O2. The number of nitrogens with zero attached hydrogens (tertiary/aromatic N) is 1. The molecule has 0 aromatic heterocycles. The second-order valence-electron chi connectivity index (χ2n) is 5.72. The van der Waals surface area contributed by atoms with E-state index < -0.39 is 0 Å². The lowest BCUT2D eigenvalue weighted by Crippen LogP contribution is -2.37. The van der Waals surface area contributed by atoms with Gasteiger partial charge in [0.2, 0.25) is 6.79 Å². The summed E-state index contributed by atoms with van der Waals surface area (Å²) in [4.78, 5) is 2.39. The Morgan fingerprint density at radius 1 is 1.35 bits per heavy atom. The summed E-state index contributed by atoms with van der Waals surface area (Å²) in [6.07, 6.45) is 3.75. The Balaban J connectivity index is 1.73. The van der Waals surface area contributed by atoms with Gasteiger partial charge in [0.15, 0.2) is 11.5 Å². The number of rotatable bonds is 4. The van der Waals surface area contributed by atoms with Crippen LogP contribution in [0.3, 0.4) is 0 Å². The lowest BCUT2D eigenvalue weighted by molar-refractivity contribution is 0.173. The van der Waals surface area contributed by atoms with Crippen molar-refractivity contribution in [3.05, 3.63) is 22.7 Å². The Morgan fingerprint density at radius 2 is 2.20 bits per heavy atom. The maximum atomic E-state index is 6.23. The highest BCUT2D eigenvalue weighted by atomic mass is 35.5. The summed E-state index contributed by atoms with van der Waals surface area (Å²) < 4.78 is 10.8. The summed E-state index contributed by atoms with van der Waals surface area (Å²) in [5, 5.41) is 0.630. The van der Waals surface area contributed by atoms with E-state index in [2.05, 4.69) is 11.9 Å². The third kappa shape index (κ3) is 2.60. The van der Waals surface area contributed by atoms with Crippen LogP contribution >= 0.6 is 11.6 Å². The molecule has 0 spiro atoms. The predicted molar refractivity (Wildman–Crippen MR) is 79.2 cm³/mol.